The Morgan fingerprint density at radius 3 is 2.31 bits per heavy atom. The fourth-order valence-electron chi connectivity index (χ4n) is 0.520. The zero-order chi connectivity index (χ0) is 10.4. The van der Waals surface area contributed by atoms with E-state index in [4.69, 9.17) is 5.11 Å². The predicted molar refractivity (Wildman–Crippen MR) is 43.0 cm³/mol. The third-order valence-electron chi connectivity index (χ3n) is 1.16. The second-order valence-corrected chi connectivity index (χ2v) is 2.22. The van der Waals surface area contributed by atoms with E-state index in [0.29, 0.717) is 0 Å². The van der Waals surface area contributed by atoms with Crippen LogP contribution in [0.25, 0.3) is 0 Å². The van der Waals surface area contributed by atoms with Crippen LogP contribution in [0.4, 0.5) is 0 Å². The lowest BCUT2D eigenvalue weighted by molar-refractivity contribution is -0.151. The number of ether oxygens (including phenoxy) is 1. The molecule has 0 heterocycles. The molecule has 1 N–H and O–H groups in total. The van der Waals surface area contributed by atoms with E-state index in [2.05, 4.69) is 4.74 Å². The summed E-state index contributed by atoms with van der Waals surface area (Å²) in [7, 11) is 0. The van der Waals surface area contributed by atoms with Crippen molar-refractivity contribution in [1.82, 2.24) is 0 Å². The van der Waals surface area contributed by atoms with Gasteiger partial charge in [-0.05, 0) is 13.8 Å². The van der Waals surface area contributed by atoms with Crippen molar-refractivity contribution in [3.05, 3.63) is 11.6 Å². The number of carbonyl (C=O) groups excluding carboxylic acids is 2. The quantitative estimate of drug-likeness (QED) is 0.384. The highest BCUT2D eigenvalue weighted by molar-refractivity contribution is 6.39. The number of aliphatic carboxylic acids is 1. The Kier molecular flexibility index (Phi) is 4.43. The minimum Gasteiger partial charge on any atom is -0.478 e. The summed E-state index contributed by atoms with van der Waals surface area (Å²) >= 11 is 0. The van der Waals surface area contributed by atoms with Crippen molar-refractivity contribution >= 4 is 17.7 Å². The van der Waals surface area contributed by atoms with Gasteiger partial charge in [-0.1, -0.05) is 0 Å². The first-order chi connectivity index (χ1) is 5.99. The van der Waals surface area contributed by atoms with Crippen LogP contribution in [0.2, 0.25) is 0 Å². The zero-order valence-electron chi connectivity index (χ0n) is 7.36. The number of carbonyl (C=O) groups is 3. The highest BCUT2D eigenvalue weighted by Crippen LogP contribution is 1.93. The van der Waals surface area contributed by atoms with Gasteiger partial charge in [0.25, 0.3) is 5.78 Å². The summed E-state index contributed by atoms with van der Waals surface area (Å²) in [4.78, 5) is 31.8. The molecule has 0 aliphatic rings. The molecule has 0 radical (unpaired) electrons. The first-order valence-corrected chi connectivity index (χ1v) is 3.61. The monoisotopic (exact) mass is 186 g/mol. The number of esters is 1. The van der Waals surface area contributed by atoms with Crippen LogP contribution in [0.15, 0.2) is 11.6 Å². The van der Waals surface area contributed by atoms with Gasteiger partial charge in [0.1, 0.15) is 0 Å². The third-order valence-corrected chi connectivity index (χ3v) is 1.16. The molecule has 72 valence electrons. The van der Waals surface area contributed by atoms with Gasteiger partial charge in [0.15, 0.2) is 0 Å². The minimum atomic E-state index is -1.24. The summed E-state index contributed by atoms with van der Waals surface area (Å²) in [5, 5.41) is 8.37. The number of hydrogen-bond acceptors (Lipinski definition) is 4. The Morgan fingerprint density at radius 2 is 1.92 bits per heavy atom. The van der Waals surface area contributed by atoms with Gasteiger partial charge < -0.3 is 9.84 Å². The van der Waals surface area contributed by atoms with Crippen molar-refractivity contribution in [3.63, 3.8) is 0 Å². The maximum atomic E-state index is 10.8. The fourth-order valence-corrected chi connectivity index (χ4v) is 0.520. The molecule has 0 fully saturated rings. The molecular weight excluding hydrogens is 176 g/mol. The Bertz CT molecular complexity index is 264. The molecule has 0 aromatic rings. The van der Waals surface area contributed by atoms with E-state index in [-0.39, 0.29) is 12.2 Å². The summed E-state index contributed by atoms with van der Waals surface area (Å²) in [5.41, 5.74) is -0.196. The Hall–Kier alpha value is -1.65. The molecule has 0 aliphatic carbocycles. The van der Waals surface area contributed by atoms with Crippen molar-refractivity contribution in [2.24, 2.45) is 0 Å². The van der Waals surface area contributed by atoms with E-state index in [1.165, 1.54) is 6.92 Å². The molecule has 0 spiro atoms. The highest BCUT2D eigenvalue weighted by atomic mass is 16.5. The van der Waals surface area contributed by atoms with Crippen LogP contribution in [0.1, 0.15) is 13.8 Å². The second kappa shape index (κ2) is 5.08. The molecule has 0 amide bonds. The summed E-state index contributed by atoms with van der Waals surface area (Å²) < 4.78 is 4.36. The van der Waals surface area contributed by atoms with Gasteiger partial charge in [0.05, 0.1) is 6.61 Å². The molecule has 5 nitrogen and oxygen atoms in total. The van der Waals surface area contributed by atoms with Crippen molar-refractivity contribution < 1.29 is 24.2 Å². The van der Waals surface area contributed by atoms with E-state index in [1.807, 2.05) is 0 Å². The Balaban J connectivity index is 4.37. The first-order valence-electron chi connectivity index (χ1n) is 3.61. The number of rotatable bonds is 4. The Labute approximate surface area is 75.0 Å². The molecule has 0 unspecified atom stereocenters. The zero-order valence-corrected chi connectivity index (χ0v) is 7.36. The average molecular weight is 186 g/mol. The van der Waals surface area contributed by atoms with Crippen LogP contribution in [0, 0.1) is 0 Å². The van der Waals surface area contributed by atoms with Crippen LogP contribution in [0.3, 0.4) is 0 Å². The molecule has 0 saturated carbocycles. The van der Waals surface area contributed by atoms with Crippen molar-refractivity contribution in [3.8, 4) is 0 Å². The topological polar surface area (TPSA) is 80.7 Å². The van der Waals surface area contributed by atoms with Gasteiger partial charge in [-0.25, -0.2) is 9.59 Å². The van der Waals surface area contributed by atoms with Gasteiger partial charge in [-0.15, -0.1) is 0 Å². The summed E-state index contributed by atoms with van der Waals surface area (Å²) in [5.74, 6) is -3.23. The SMILES string of the molecule is CCOC(=O)C(=O)C=C(C)C(=O)O. The molecule has 0 aromatic carbocycles. The van der Waals surface area contributed by atoms with Crippen molar-refractivity contribution in [1.29, 1.82) is 0 Å². The normalized spacial score (nSPS) is 10.8. The van der Waals surface area contributed by atoms with Gasteiger partial charge in [0, 0.05) is 11.6 Å². The fraction of sp³-hybridized carbons (Fsp3) is 0.375. The lowest BCUT2D eigenvalue weighted by atomic mass is 10.2. The van der Waals surface area contributed by atoms with Crippen LogP contribution < -0.4 is 0 Å². The minimum absolute atomic E-state index is 0.0878. The summed E-state index contributed by atoms with van der Waals surface area (Å²) in [6.45, 7) is 2.86. The molecule has 0 atom stereocenters. The second-order valence-electron chi connectivity index (χ2n) is 2.22. The molecule has 0 rings (SSSR count). The van der Waals surface area contributed by atoms with Gasteiger partial charge >= 0.3 is 11.9 Å². The van der Waals surface area contributed by atoms with Gasteiger partial charge in [-0.3, -0.25) is 4.79 Å². The average Bonchev–Trinajstić information content (AvgIpc) is 2.04. The molecule has 5 heteroatoms. The third kappa shape index (κ3) is 4.05. The van der Waals surface area contributed by atoms with Crippen LogP contribution in [-0.2, 0) is 19.1 Å². The van der Waals surface area contributed by atoms with E-state index in [9.17, 15) is 14.4 Å². The van der Waals surface area contributed by atoms with Gasteiger partial charge in [-0.2, -0.15) is 0 Å². The van der Waals surface area contributed by atoms with Crippen molar-refractivity contribution in [2.45, 2.75) is 13.8 Å². The maximum Gasteiger partial charge on any atom is 0.379 e. The van der Waals surface area contributed by atoms with Crippen LogP contribution >= 0.6 is 0 Å². The lowest BCUT2D eigenvalue weighted by Gasteiger charge is -1.96. The number of carboxylic acid groups (broad SMARTS) is 1. The highest BCUT2D eigenvalue weighted by Gasteiger charge is 2.13. The Morgan fingerprint density at radius 1 is 1.38 bits per heavy atom. The van der Waals surface area contributed by atoms with Gasteiger partial charge in [0.2, 0.25) is 0 Å². The van der Waals surface area contributed by atoms with E-state index in [1.54, 1.807) is 6.92 Å². The summed E-state index contributed by atoms with van der Waals surface area (Å²) in [6, 6.07) is 0. The molecule has 13 heavy (non-hydrogen) atoms. The number of ketones is 1. The smallest absolute Gasteiger partial charge is 0.379 e. The standard InChI is InChI=1S/C8H10O5/c1-3-13-8(12)6(9)4-5(2)7(10)11/h4H,3H2,1-2H3,(H,10,11). The first kappa shape index (κ1) is 11.4. The summed E-state index contributed by atoms with van der Waals surface area (Å²) in [6.07, 6.45) is 0.736. The number of carboxylic acids is 1. The van der Waals surface area contributed by atoms with Crippen LogP contribution in [-0.4, -0.2) is 29.4 Å². The van der Waals surface area contributed by atoms with E-state index < -0.39 is 17.7 Å². The lowest BCUT2D eigenvalue weighted by Crippen LogP contribution is -2.16. The number of hydrogen-bond donors (Lipinski definition) is 1. The molecule has 0 aliphatic heterocycles. The molecule has 0 bridgehead atoms. The predicted octanol–water partition coefficient (Wildman–Crippen LogP) is 0.149. The van der Waals surface area contributed by atoms with E-state index in [0.717, 1.165) is 6.08 Å². The van der Waals surface area contributed by atoms with E-state index >= 15 is 0 Å². The van der Waals surface area contributed by atoms with Crippen LogP contribution in [0.5, 0.6) is 0 Å². The molecule has 0 aromatic heterocycles. The molecule has 0 saturated heterocycles. The maximum absolute atomic E-state index is 10.8. The van der Waals surface area contributed by atoms with Crippen molar-refractivity contribution in [2.75, 3.05) is 6.61 Å². The molecular formula is C8H10O5. The largest absolute Gasteiger partial charge is 0.478 e.